The lowest BCUT2D eigenvalue weighted by Gasteiger charge is -2.15. The molecule has 7 nitrogen and oxygen atoms in total. The van der Waals surface area contributed by atoms with E-state index in [1.807, 2.05) is 0 Å². The number of nitrogens with zero attached hydrogens (tertiary/aromatic N) is 6. The van der Waals surface area contributed by atoms with E-state index in [-0.39, 0.29) is 46.7 Å². The molecule has 0 aliphatic heterocycles. The lowest BCUT2D eigenvalue weighted by molar-refractivity contribution is -0.143. The Kier molecular flexibility index (Phi) is 4.63. The first kappa shape index (κ1) is 20.6. The molecule has 2 N–H and O–H groups in total. The number of alkyl halides is 6. The van der Waals surface area contributed by atoms with Crippen LogP contribution in [0.5, 0.6) is 0 Å². The number of nitrogens with two attached hydrogens (primary N) is 1. The van der Waals surface area contributed by atoms with E-state index in [0.29, 0.717) is 12.1 Å². The van der Waals surface area contributed by atoms with Crippen LogP contribution in [-0.2, 0) is 18.9 Å². The predicted octanol–water partition coefficient (Wildman–Crippen LogP) is 4.32. The predicted molar refractivity (Wildman–Crippen MR) is 98.0 cm³/mol. The van der Waals surface area contributed by atoms with Crippen molar-refractivity contribution in [2.75, 3.05) is 5.73 Å². The van der Waals surface area contributed by atoms with Crippen molar-refractivity contribution in [1.29, 1.82) is 0 Å². The van der Waals surface area contributed by atoms with Gasteiger partial charge in [-0.25, -0.2) is 4.98 Å². The number of benzene rings is 1. The first-order chi connectivity index (χ1) is 14.5. The maximum absolute atomic E-state index is 13.3. The third-order valence-corrected chi connectivity index (χ3v) is 4.61. The number of halogens is 6. The van der Waals surface area contributed by atoms with E-state index in [1.165, 1.54) is 23.4 Å². The summed E-state index contributed by atoms with van der Waals surface area (Å²) < 4.78 is 82.6. The first-order valence-electron chi connectivity index (χ1n) is 8.80. The Bertz CT molecular complexity index is 1240. The molecule has 3 aromatic heterocycles. The van der Waals surface area contributed by atoms with Crippen LogP contribution < -0.4 is 5.73 Å². The third-order valence-electron chi connectivity index (χ3n) is 4.61. The van der Waals surface area contributed by atoms with Gasteiger partial charge in [0, 0.05) is 18.3 Å². The van der Waals surface area contributed by atoms with Crippen molar-refractivity contribution in [2.24, 2.45) is 0 Å². The Morgan fingerprint density at radius 3 is 2.13 bits per heavy atom. The van der Waals surface area contributed by atoms with Gasteiger partial charge in [0.25, 0.3) is 0 Å². The lowest BCUT2D eigenvalue weighted by atomic mass is 9.99. The Morgan fingerprint density at radius 2 is 1.61 bits per heavy atom. The smallest absolute Gasteiger partial charge is 0.368 e. The summed E-state index contributed by atoms with van der Waals surface area (Å²) in [5, 5.41) is 3.96. The van der Waals surface area contributed by atoms with E-state index in [1.54, 1.807) is 11.5 Å². The summed E-state index contributed by atoms with van der Waals surface area (Å²) in [5.74, 6) is 0.211. The van der Waals surface area contributed by atoms with Gasteiger partial charge >= 0.3 is 12.4 Å². The fraction of sp³-hybridized carbons (Fsp3) is 0.222. The second-order valence-corrected chi connectivity index (χ2v) is 6.54. The summed E-state index contributed by atoms with van der Waals surface area (Å²) >= 11 is 0. The standard InChI is InChI=1S/C18H13F6N7/c1-2-30-14-12(6-26-7-13(14)29-16(30)31-15(25)27-8-28-31)9-3-10(17(19,20)21)5-11(4-9)18(22,23)24/h3-8H,2H2,1H3,(H2,25,27,28). The third kappa shape index (κ3) is 3.55. The molecule has 0 bridgehead atoms. The quantitative estimate of drug-likeness (QED) is 0.479. The summed E-state index contributed by atoms with van der Waals surface area (Å²) in [5.41, 5.74) is 3.22. The monoisotopic (exact) mass is 441 g/mol. The number of aromatic nitrogens is 6. The molecule has 0 radical (unpaired) electrons. The van der Waals surface area contributed by atoms with E-state index in [9.17, 15) is 26.3 Å². The molecule has 0 saturated carbocycles. The average molecular weight is 441 g/mol. The minimum absolute atomic E-state index is 0.0120. The molecule has 0 aliphatic carbocycles. The Morgan fingerprint density at radius 1 is 0.968 bits per heavy atom. The summed E-state index contributed by atoms with van der Waals surface area (Å²) in [4.78, 5) is 12.1. The SMILES string of the molecule is CCn1c(-n2ncnc2N)nc2cncc(-c3cc(C(F)(F)F)cc(C(F)(F)F)c3)c21. The zero-order chi connectivity index (χ0) is 22.6. The second kappa shape index (κ2) is 6.96. The van der Waals surface area contributed by atoms with Crippen LogP contribution in [0.4, 0.5) is 32.3 Å². The fourth-order valence-electron chi connectivity index (χ4n) is 3.26. The van der Waals surface area contributed by atoms with Gasteiger partial charge in [0.2, 0.25) is 11.9 Å². The summed E-state index contributed by atoms with van der Waals surface area (Å²) in [7, 11) is 0. The molecule has 0 saturated heterocycles. The van der Waals surface area contributed by atoms with Crippen LogP contribution in [0.25, 0.3) is 28.1 Å². The second-order valence-electron chi connectivity index (χ2n) is 6.54. The first-order valence-corrected chi connectivity index (χ1v) is 8.80. The van der Waals surface area contributed by atoms with Gasteiger partial charge in [-0.1, -0.05) is 0 Å². The van der Waals surface area contributed by atoms with Gasteiger partial charge in [-0.3, -0.25) is 4.98 Å². The Hall–Kier alpha value is -3.64. The van der Waals surface area contributed by atoms with Crippen molar-refractivity contribution in [2.45, 2.75) is 25.8 Å². The highest BCUT2D eigenvalue weighted by Crippen LogP contribution is 2.40. The molecule has 0 amide bonds. The minimum atomic E-state index is -4.97. The zero-order valence-corrected chi connectivity index (χ0v) is 15.7. The van der Waals surface area contributed by atoms with Crippen molar-refractivity contribution in [3.63, 3.8) is 0 Å². The van der Waals surface area contributed by atoms with Gasteiger partial charge < -0.3 is 10.3 Å². The molecule has 3 heterocycles. The number of imidazole rings is 1. The molecule has 13 heteroatoms. The van der Waals surface area contributed by atoms with Gasteiger partial charge in [-0.05, 0) is 30.7 Å². The number of anilines is 1. The number of rotatable bonds is 3. The largest absolute Gasteiger partial charge is 0.416 e. The van der Waals surface area contributed by atoms with Crippen molar-refractivity contribution < 1.29 is 26.3 Å². The zero-order valence-electron chi connectivity index (χ0n) is 15.7. The van der Waals surface area contributed by atoms with Gasteiger partial charge in [0.15, 0.2) is 0 Å². The highest BCUT2D eigenvalue weighted by atomic mass is 19.4. The molecule has 0 atom stereocenters. The van der Waals surface area contributed by atoms with E-state index < -0.39 is 23.5 Å². The van der Waals surface area contributed by atoms with Crippen molar-refractivity contribution in [3.8, 4) is 17.1 Å². The van der Waals surface area contributed by atoms with Crippen LogP contribution in [0.2, 0.25) is 0 Å². The van der Waals surface area contributed by atoms with Gasteiger partial charge in [-0.15, -0.1) is 0 Å². The van der Waals surface area contributed by atoms with Gasteiger partial charge in [0.1, 0.15) is 11.8 Å². The molecule has 4 rings (SSSR count). The molecule has 0 fully saturated rings. The number of fused-ring (bicyclic) bond motifs is 1. The molecule has 31 heavy (non-hydrogen) atoms. The maximum Gasteiger partial charge on any atom is 0.416 e. The number of aryl methyl sites for hydroxylation is 1. The molecule has 162 valence electrons. The highest BCUT2D eigenvalue weighted by Gasteiger charge is 2.37. The van der Waals surface area contributed by atoms with Gasteiger partial charge in [0.05, 0.1) is 22.8 Å². The van der Waals surface area contributed by atoms with E-state index in [4.69, 9.17) is 5.73 Å². The average Bonchev–Trinajstić information content (AvgIpc) is 3.28. The van der Waals surface area contributed by atoms with Crippen molar-refractivity contribution in [3.05, 3.63) is 48.0 Å². The number of hydrogen-bond acceptors (Lipinski definition) is 5. The molecule has 0 aliphatic rings. The van der Waals surface area contributed by atoms with Crippen molar-refractivity contribution in [1.82, 2.24) is 29.3 Å². The fourth-order valence-corrected chi connectivity index (χ4v) is 3.26. The molecule has 0 spiro atoms. The van der Waals surface area contributed by atoms with E-state index in [0.717, 1.165) is 0 Å². The molecular weight excluding hydrogens is 428 g/mol. The topological polar surface area (TPSA) is 87.4 Å². The Labute approximate surface area is 170 Å². The molecule has 1 aromatic carbocycles. The highest BCUT2D eigenvalue weighted by molar-refractivity contribution is 5.92. The molecular formula is C18H13F6N7. The summed E-state index contributed by atoms with van der Waals surface area (Å²) in [6.45, 7) is 2.00. The minimum Gasteiger partial charge on any atom is -0.368 e. The molecule has 0 unspecified atom stereocenters. The maximum atomic E-state index is 13.3. The molecule has 4 aromatic rings. The normalized spacial score (nSPS) is 12.6. The van der Waals surface area contributed by atoms with E-state index in [2.05, 4.69) is 20.1 Å². The van der Waals surface area contributed by atoms with Crippen LogP contribution in [0.15, 0.2) is 36.9 Å². The summed E-state index contributed by atoms with van der Waals surface area (Å²) in [6, 6.07) is 1.39. The van der Waals surface area contributed by atoms with Crippen LogP contribution in [0.3, 0.4) is 0 Å². The Balaban J connectivity index is 2.03. The van der Waals surface area contributed by atoms with E-state index >= 15 is 0 Å². The van der Waals surface area contributed by atoms with Crippen LogP contribution >= 0.6 is 0 Å². The van der Waals surface area contributed by atoms with Crippen LogP contribution in [0.1, 0.15) is 18.1 Å². The lowest BCUT2D eigenvalue weighted by Crippen LogP contribution is -2.11. The summed E-state index contributed by atoms with van der Waals surface area (Å²) in [6.07, 6.45) is -6.21. The number of hydrogen-bond donors (Lipinski definition) is 1. The van der Waals surface area contributed by atoms with Crippen molar-refractivity contribution >= 4 is 17.0 Å². The van der Waals surface area contributed by atoms with Crippen LogP contribution in [0, 0.1) is 0 Å². The number of nitrogen functional groups attached to an aromatic ring is 1. The van der Waals surface area contributed by atoms with Gasteiger partial charge in [-0.2, -0.15) is 41.1 Å². The van der Waals surface area contributed by atoms with Crippen LogP contribution in [-0.4, -0.2) is 29.3 Å². The number of pyridine rings is 1.